The molecule has 2 rings (SSSR count). The van der Waals surface area contributed by atoms with Gasteiger partial charge in [0, 0.05) is 26.6 Å². The molecule has 1 heterocycles. The van der Waals surface area contributed by atoms with Gasteiger partial charge in [-0.2, -0.15) is 0 Å². The Labute approximate surface area is 139 Å². The van der Waals surface area contributed by atoms with E-state index in [1.165, 1.54) is 25.7 Å². The number of rotatable bonds is 9. The lowest BCUT2D eigenvalue weighted by molar-refractivity contribution is 0.644. The SMILES string of the molecule is CCCCCCNC(=NC)NCCCc1nc2ccccc2[nH]1. The van der Waals surface area contributed by atoms with E-state index < -0.39 is 0 Å². The van der Waals surface area contributed by atoms with Gasteiger partial charge in [0.2, 0.25) is 0 Å². The first-order valence-electron chi connectivity index (χ1n) is 8.71. The number of nitrogens with zero attached hydrogens (tertiary/aromatic N) is 2. The third-order valence-corrected chi connectivity index (χ3v) is 3.87. The Morgan fingerprint density at radius 1 is 1.09 bits per heavy atom. The van der Waals surface area contributed by atoms with Crippen LogP contribution in [0.2, 0.25) is 0 Å². The van der Waals surface area contributed by atoms with Gasteiger partial charge in [0.1, 0.15) is 5.82 Å². The predicted molar refractivity (Wildman–Crippen MR) is 97.9 cm³/mol. The van der Waals surface area contributed by atoms with E-state index in [9.17, 15) is 0 Å². The number of aromatic nitrogens is 2. The highest BCUT2D eigenvalue weighted by Gasteiger charge is 2.02. The molecule has 0 fully saturated rings. The van der Waals surface area contributed by atoms with E-state index in [0.29, 0.717) is 0 Å². The number of para-hydroxylation sites is 2. The highest BCUT2D eigenvalue weighted by atomic mass is 15.2. The average Bonchev–Trinajstić information content (AvgIpc) is 2.99. The highest BCUT2D eigenvalue weighted by Crippen LogP contribution is 2.10. The molecule has 5 heteroatoms. The van der Waals surface area contributed by atoms with Crippen molar-refractivity contribution in [3.05, 3.63) is 30.1 Å². The molecule has 0 aliphatic heterocycles. The Morgan fingerprint density at radius 2 is 1.87 bits per heavy atom. The average molecular weight is 315 g/mol. The lowest BCUT2D eigenvalue weighted by Gasteiger charge is -2.11. The first-order chi connectivity index (χ1) is 11.3. The van der Waals surface area contributed by atoms with Gasteiger partial charge in [-0.05, 0) is 25.0 Å². The van der Waals surface area contributed by atoms with E-state index in [1.54, 1.807) is 0 Å². The summed E-state index contributed by atoms with van der Waals surface area (Å²) < 4.78 is 0. The summed E-state index contributed by atoms with van der Waals surface area (Å²) in [5, 5.41) is 6.73. The largest absolute Gasteiger partial charge is 0.356 e. The summed E-state index contributed by atoms with van der Waals surface area (Å²) in [6.07, 6.45) is 7.03. The van der Waals surface area contributed by atoms with Gasteiger partial charge >= 0.3 is 0 Å². The van der Waals surface area contributed by atoms with Gasteiger partial charge in [-0.25, -0.2) is 4.98 Å². The Kier molecular flexibility index (Phi) is 7.43. The molecule has 2 aromatic rings. The van der Waals surface area contributed by atoms with Crippen LogP contribution in [0.1, 0.15) is 44.9 Å². The van der Waals surface area contributed by atoms with Gasteiger partial charge in [-0.1, -0.05) is 38.3 Å². The van der Waals surface area contributed by atoms with Crippen molar-refractivity contribution in [3.63, 3.8) is 0 Å². The van der Waals surface area contributed by atoms with Crippen LogP contribution in [0, 0.1) is 0 Å². The standard InChI is InChI=1S/C18H29N5/c1-3-4-5-8-13-20-18(19-2)21-14-9-12-17-22-15-10-6-7-11-16(15)23-17/h6-7,10-11H,3-5,8-9,12-14H2,1-2H3,(H,22,23)(H2,19,20,21). The molecular weight excluding hydrogens is 286 g/mol. The molecule has 3 N–H and O–H groups in total. The number of hydrogen-bond donors (Lipinski definition) is 3. The molecular formula is C18H29N5. The van der Waals surface area contributed by atoms with Crippen LogP contribution >= 0.6 is 0 Å². The molecule has 1 aromatic heterocycles. The fourth-order valence-corrected chi connectivity index (χ4v) is 2.57. The predicted octanol–water partition coefficient (Wildman–Crippen LogP) is 3.24. The molecule has 0 aliphatic rings. The summed E-state index contributed by atoms with van der Waals surface area (Å²) in [6, 6.07) is 8.15. The van der Waals surface area contributed by atoms with E-state index in [-0.39, 0.29) is 0 Å². The smallest absolute Gasteiger partial charge is 0.190 e. The van der Waals surface area contributed by atoms with E-state index in [2.05, 4.69) is 38.6 Å². The second-order valence-corrected chi connectivity index (χ2v) is 5.79. The molecule has 1 aromatic carbocycles. The minimum absolute atomic E-state index is 0.895. The van der Waals surface area contributed by atoms with Gasteiger partial charge in [0.25, 0.3) is 0 Å². The van der Waals surface area contributed by atoms with E-state index >= 15 is 0 Å². The minimum atomic E-state index is 0.895. The third-order valence-electron chi connectivity index (χ3n) is 3.87. The molecule has 5 nitrogen and oxygen atoms in total. The molecule has 0 spiro atoms. The van der Waals surface area contributed by atoms with Gasteiger partial charge in [0.05, 0.1) is 11.0 Å². The Hall–Kier alpha value is -2.04. The zero-order valence-corrected chi connectivity index (χ0v) is 14.4. The number of aryl methyl sites for hydroxylation is 1. The zero-order chi connectivity index (χ0) is 16.3. The number of hydrogen-bond acceptors (Lipinski definition) is 2. The first kappa shape index (κ1) is 17.3. The molecule has 0 saturated carbocycles. The number of benzene rings is 1. The summed E-state index contributed by atoms with van der Waals surface area (Å²) >= 11 is 0. The van der Waals surface area contributed by atoms with Crippen molar-refractivity contribution in [2.75, 3.05) is 20.1 Å². The summed E-state index contributed by atoms with van der Waals surface area (Å²) in [4.78, 5) is 12.2. The maximum absolute atomic E-state index is 4.60. The van der Waals surface area contributed by atoms with Crippen LogP contribution in [0.4, 0.5) is 0 Å². The molecule has 23 heavy (non-hydrogen) atoms. The topological polar surface area (TPSA) is 65.1 Å². The van der Waals surface area contributed by atoms with Crippen LogP contribution < -0.4 is 10.6 Å². The Bertz CT molecular complexity index is 569. The number of aliphatic imine (C=N–C) groups is 1. The molecule has 0 atom stereocenters. The highest BCUT2D eigenvalue weighted by molar-refractivity contribution is 5.79. The maximum atomic E-state index is 4.60. The van der Waals surface area contributed by atoms with Crippen molar-refractivity contribution in [2.24, 2.45) is 4.99 Å². The molecule has 0 saturated heterocycles. The molecule has 126 valence electrons. The van der Waals surface area contributed by atoms with Crippen LogP contribution in [-0.2, 0) is 6.42 Å². The summed E-state index contributed by atoms with van der Waals surface area (Å²) in [5.74, 6) is 1.95. The van der Waals surface area contributed by atoms with Crippen molar-refractivity contribution in [2.45, 2.75) is 45.4 Å². The van der Waals surface area contributed by atoms with Gasteiger partial charge in [-0.15, -0.1) is 0 Å². The fourth-order valence-electron chi connectivity index (χ4n) is 2.57. The van der Waals surface area contributed by atoms with E-state index in [1.807, 2.05) is 25.2 Å². The van der Waals surface area contributed by atoms with Crippen LogP contribution in [0.25, 0.3) is 11.0 Å². The second kappa shape index (κ2) is 9.87. The maximum Gasteiger partial charge on any atom is 0.190 e. The normalized spacial score (nSPS) is 11.8. The molecule has 0 unspecified atom stereocenters. The van der Waals surface area contributed by atoms with Crippen LogP contribution in [-0.4, -0.2) is 36.1 Å². The van der Waals surface area contributed by atoms with Gasteiger partial charge < -0.3 is 15.6 Å². The zero-order valence-electron chi connectivity index (χ0n) is 14.4. The van der Waals surface area contributed by atoms with E-state index in [4.69, 9.17) is 0 Å². The number of imidazole rings is 1. The van der Waals surface area contributed by atoms with Gasteiger partial charge in [0.15, 0.2) is 5.96 Å². The monoisotopic (exact) mass is 315 g/mol. The van der Waals surface area contributed by atoms with Crippen LogP contribution in [0.15, 0.2) is 29.3 Å². The summed E-state index contributed by atoms with van der Waals surface area (Å²) in [7, 11) is 1.82. The second-order valence-electron chi connectivity index (χ2n) is 5.79. The number of guanidine groups is 1. The quantitative estimate of drug-likeness (QED) is 0.378. The van der Waals surface area contributed by atoms with Crippen molar-refractivity contribution in [1.82, 2.24) is 20.6 Å². The first-order valence-corrected chi connectivity index (χ1v) is 8.71. The molecule has 0 aliphatic carbocycles. The summed E-state index contributed by atoms with van der Waals surface area (Å²) in [6.45, 7) is 4.12. The number of aromatic amines is 1. The van der Waals surface area contributed by atoms with E-state index in [0.717, 1.165) is 48.7 Å². The lowest BCUT2D eigenvalue weighted by Crippen LogP contribution is -2.38. The number of nitrogens with one attached hydrogen (secondary N) is 3. The number of H-pyrrole nitrogens is 1. The van der Waals surface area contributed by atoms with Crippen molar-refractivity contribution >= 4 is 17.0 Å². The molecule has 0 bridgehead atoms. The van der Waals surface area contributed by atoms with Crippen molar-refractivity contribution in [3.8, 4) is 0 Å². The van der Waals surface area contributed by atoms with Crippen molar-refractivity contribution in [1.29, 1.82) is 0 Å². The van der Waals surface area contributed by atoms with Crippen LogP contribution in [0.5, 0.6) is 0 Å². The number of fused-ring (bicyclic) bond motifs is 1. The minimum Gasteiger partial charge on any atom is -0.356 e. The van der Waals surface area contributed by atoms with Crippen molar-refractivity contribution < 1.29 is 0 Å². The Morgan fingerprint density at radius 3 is 2.61 bits per heavy atom. The fraction of sp³-hybridized carbons (Fsp3) is 0.556. The molecule has 0 amide bonds. The summed E-state index contributed by atoms with van der Waals surface area (Å²) in [5.41, 5.74) is 2.15. The third kappa shape index (κ3) is 5.93. The van der Waals surface area contributed by atoms with Gasteiger partial charge in [-0.3, -0.25) is 4.99 Å². The Balaban J connectivity index is 1.63. The lowest BCUT2D eigenvalue weighted by atomic mass is 10.2. The number of unbranched alkanes of at least 4 members (excludes halogenated alkanes) is 3. The molecule has 0 radical (unpaired) electrons. The van der Waals surface area contributed by atoms with Crippen LogP contribution in [0.3, 0.4) is 0 Å².